The molecule has 0 N–H and O–H groups in total. The molecule has 6 heteroatoms. The molecule has 2 heterocycles. The van der Waals surface area contributed by atoms with Crippen LogP contribution in [0.25, 0.3) is 0 Å². The number of hydrogen-bond acceptors (Lipinski definition) is 2. The fourth-order valence-corrected chi connectivity index (χ4v) is 5.30. The summed E-state index contributed by atoms with van der Waals surface area (Å²) < 4.78 is 28.6. The Balaban J connectivity index is 2.05. The van der Waals surface area contributed by atoms with Crippen LogP contribution in [0.15, 0.2) is 0 Å². The normalized spacial score (nSPS) is 32.6. The summed E-state index contributed by atoms with van der Waals surface area (Å²) in [7, 11) is -3.22. The van der Waals surface area contributed by atoms with Gasteiger partial charge in [0.25, 0.3) is 10.2 Å². The van der Waals surface area contributed by atoms with Crippen LogP contribution in [-0.2, 0) is 10.2 Å². The van der Waals surface area contributed by atoms with Crippen molar-refractivity contribution in [1.82, 2.24) is 8.61 Å². The molecule has 0 aliphatic carbocycles. The lowest BCUT2D eigenvalue weighted by Crippen LogP contribution is -2.50. The quantitative estimate of drug-likeness (QED) is 0.739. The number of piperidine rings is 2. The van der Waals surface area contributed by atoms with Crippen molar-refractivity contribution in [1.29, 1.82) is 0 Å². The highest BCUT2D eigenvalue weighted by Gasteiger charge is 2.35. The third-order valence-electron chi connectivity index (χ3n) is 3.97. The van der Waals surface area contributed by atoms with E-state index in [9.17, 15) is 8.42 Å². The highest BCUT2D eigenvalue weighted by atomic mass is 79.9. The lowest BCUT2D eigenvalue weighted by Gasteiger charge is -2.37. The first-order valence-corrected chi connectivity index (χ1v) is 9.37. The van der Waals surface area contributed by atoms with E-state index in [2.05, 4.69) is 22.9 Å². The summed E-state index contributed by atoms with van der Waals surface area (Å²) in [5.74, 6) is 0.959. The van der Waals surface area contributed by atoms with E-state index in [-0.39, 0.29) is 0 Å². The molecule has 0 aromatic carbocycles. The van der Waals surface area contributed by atoms with E-state index in [4.69, 9.17) is 0 Å². The van der Waals surface area contributed by atoms with Crippen LogP contribution >= 0.6 is 15.9 Å². The highest BCUT2D eigenvalue weighted by Crippen LogP contribution is 2.25. The molecule has 2 unspecified atom stereocenters. The molecule has 0 radical (unpaired) electrons. The van der Waals surface area contributed by atoms with Crippen molar-refractivity contribution in [2.24, 2.45) is 11.8 Å². The van der Waals surface area contributed by atoms with Crippen LogP contribution in [-0.4, -0.2) is 48.5 Å². The Kier molecular flexibility index (Phi) is 5.08. The average Bonchev–Trinajstić information content (AvgIpc) is 2.39. The number of halogens is 1. The topological polar surface area (TPSA) is 40.6 Å². The number of rotatable bonds is 3. The molecule has 106 valence electrons. The van der Waals surface area contributed by atoms with E-state index in [1.54, 1.807) is 8.61 Å². The smallest absolute Gasteiger partial charge is 0.195 e. The van der Waals surface area contributed by atoms with Gasteiger partial charge in [-0.25, -0.2) is 0 Å². The minimum atomic E-state index is -3.22. The van der Waals surface area contributed by atoms with Crippen LogP contribution in [0.1, 0.15) is 32.6 Å². The molecule has 0 spiro atoms. The van der Waals surface area contributed by atoms with Crippen molar-refractivity contribution in [2.45, 2.75) is 32.6 Å². The predicted molar refractivity (Wildman–Crippen MR) is 77.0 cm³/mol. The Morgan fingerprint density at radius 3 is 2.33 bits per heavy atom. The zero-order valence-corrected chi connectivity index (χ0v) is 13.4. The number of nitrogens with zero attached hydrogens (tertiary/aromatic N) is 2. The fraction of sp³-hybridized carbons (Fsp3) is 1.00. The van der Waals surface area contributed by atoms with Gasteiger partial charge in [0.2, 0.25) is 0 Å². The van der Waals surface area contributed by atoms with Crippen LogP contribution in [0, 0.1) is 11.8 Å². The van der Waals surface area contributed by atoms with E-state index in [1.807, 2.05) is 0 Å². The molecule has 2 atom stereocenters. The van der Waals surface area contributed by atoms with Gasteiger partial charge in [0.1, 0.15) is 0 Å². The second-order valence-corrected chi connectivity index (χ2v) is 8.21. The predicted octanol–water partition coefficient (Wildman–Crippen LogP) is 2.07. The molecule has 2 aliphatic rings. The van der Waals surface area contributed by atoms with Crippen LogP contribution in [0.3, 0.4) is 0 Å². The minimum absolute atomic E-state index is 0.468. The van der Waals surface area contributed by atoms with Crippen molar-refractivity contribution in [2.75, 3.05) is 31.5 Å². The van der Waals surface area contributed by atoms with Crippen molar-refractivity contribution < 1.29 is 8.42 Å². The van der Waals surface area contributed by atoms with Gasteiger partial charge >= 0.3 is 0 Å². The molecule has 2 rings (SSSR count). The first-order chi connectivity index (χ1) is 8.54. The maximum Gasteiger partial charge on any atom is 0.281 e. The van der Waals surface area contributed by atoms with Gasteiger partial charge in [-0.2, -0.15) is 17.0 Å². The van der Waals surface area contributed by atoms with Crippen molar-refractivity contribution in [3.05, 3.63) is 0 Å². The molecule has 0 amide bonds. The first-order valence-electron chi connectivity index (χ1n) is 6.85. The molecule has 2 fully saturated rings. The molecule has 2 aliphatic heterocycles. The molecule has 2 saturated heterocycles. The third-order valence-corrected chi connectivity index (χ3v) is 6.86. The van der Waals surface area contributed by atoms with Crippen LogP contribution in [0.5, 0.6) is 0 Å². The van der Waals surface area contributed by atoms with Gasteiger partial charge in [-0.05, 0) is 37.5 Å². The fourth-order valence-electron chi connectivity index (χ4n) is 2.88. The Hall–Kier alpha value is 0.350. The minimum Gasteiger partial charge on any atom is -0.195 e. The summed E-state index contributed by atoms with van der Waals surface area (Å²) >= 11 is 3.48. The maximum atomic E-state index is 12.6. The molecule has 0 aromatic heterocycles. The summed E-state index contributed by atoms with van der Waals surface area (Å²) in [4.78, 5) is 0. The monoisotopic (exact) mass is 338 g/mol. The second kappa shape index (κ2) is 6.20. The Bertz CT molecular complexity index is 374. The SMILES string of the molecule is CC1CCCN(S(=O)(=O)N2CCCC(CBr)C2)C1. The molecule has 4 nitrogen and oxygen atoms in total. The summed E-state index contributed by atoms with van der Waals surface area (Å²) in [5.41, 5.74) is 0. The van der Waals surface area contributed by atoms with Gasteiger partial charge in [0.05, 0.1) is 0 Å². The molecular formula is C12H23BrN2O2S. The summed E-state index contributed by atoms with van der Waals surface area (Å²) in [6.07, 6.45) is 4.26. The zero-order chi connectivity index (χ0) is 13.2. The lowest BCUT2D eigenvalue weighted by atomic mass is 10.0. The second-order valence-electron chi connectivity index (χ2n) is 5.63. The van der Waals surface area contributed by atoms with E-state index >= 15 is 0 Å². The van der Waals surface area contributed by atoms with Crippen molar-refractivity contribution in [3.63, 3.8) is 0 Å². The molecule has 0 bridgehead atoms. The molecule has 0 aromatic rings. The standard InChI is InChI=1S/C12H23BrN2O2S/c1-11-4-2-6-14(9-11)18(16,17)15-7-3-5-12(8-13)10-15/h11-12H,2-10H2,1H3. The summed E-state index contributed by atoms with van der Waals surface area (Å²) in [6.45, 7) is 4.90. The van der Waals surface area contributed by atoms with E-state index < -0.39 is 10.2 Å². The Morgan fingerprint density at radius 1 is 1.11 bits per heavy atom. The number of alkyl halides is 1. The van der Waals surface area contributed by atoms with Crippen LogP contribution in [0.2, 0.25) is 0 Å². The molecule has 18 heavy (non-hydrogen) atoms. The van der Waals surface area contributed by atoms with E-state index in [0.29, 0.717) is 38.0 Å². The van der Waals surface area contributed by atoms with Crippen LogP contribution in [0.4, 0.5) is 0 Å². The Labute approximate surface area is 119 Å². The lowest BCUT2D eigenvalue weighted by molar-refractivity contribution is 0.230. The highest BCUT2D eigenvalue weighted by molar-refractivity contribution is 9.09. The summed E-state index contributed by atoms with van der Waals surface area (Å²) in [5, 5.41) is 0.898. The van der Waals surface area contributed by atoms with Gasteiger partial charge in [0.15, 0.2) is 0 Å². The molecule has 0 saturated carbocycles. The van der Waals surface area contributed by atoms with Gasteiger partial charge in [-0.1, -0.05) is 22.9 Å². The van der Waals surface area contributed by atoms with Gasteiger partial charge in [0, 0.05) is 31.5 Å². The van der Waals surface area contributed by atoms with Crippen LogP contribution < -0.4 is 0 Å². The zero-order valence-electron chi connectivity index (χ0n) is 11.0. The number of hydrogen-bond donors (Lipinski definition) is 0. The van der Waals surface area contributed by atoms with Gasteiger partial charge < -0.3 is 0 Å². The van der Waals surface area contributed by atoms with Gasteiger partial charge in [-0.15, -0.1) is 0 Å². The van der Waals surface area contributed by atoms with Crippen molar-refractivity contribution >= 4 is 26.1 Å². The van der Waals surface area contributed by atoms with Gasteiger partial charge in [-0.3, -0.25) is 0 Å². The van der Waals surface area contributed by atoms with E-state index in [1.165, 1.54) is 0 Å². The maximum absolute atomic E-state index is 12.6. The first kappa shape index (κ1) is 14.8. The third kappa shape index (κ3) is 3.26. The largest absolute Gasteiger partial charge is 0.281 e. The Morgan fingerprint density at radius 2 is 1.72 bits per heavy atom. The van der Waals surface area contributed by atoms with Crippen molar-refractivity contribution in [3.8, 4) is 0 Å². The summed E-state index contributed by atoms with van der Waals surface area (Å²) in [6, 6.07) is 0. The average molecular weight is 339 g/mol. The van der Waals surface area contributed by atoms with E-state index in [0.717, 1.165) is 31.0 Å². The molecular weight excluding hydrogens is 316 g/mol.